The summed E-state index contributed by atoms with van der Waals surface area (Å²) in [6, 6.07) is 13.4. The van der Waals surface area contributed by atoms with Gasteiger partial charge in [-0.1, -0.05) is 24.3 Å². The van der Waals surface area contributed by atoms with E-state index in [2.05, 4.69) is 10.3 Å². The first kappa shape index (κ1) is 22.2. The molecule has 3 heterocycles. The molecule has 0 radical (unpaired) electrons. The van der Waals surface area contributed by atoms with Crippen molar-refractivity contribution in [2.24, 2.45) is 0 Å². The monoisotopic (exact) mass is 464 g/mol. The van der Waals surface area contributed by atoms with E-state index in [0.717, 1.165) is 11.6 Å². The maximum Gasteiger partial charge on any atom is 0.269 e. The molecule has 0 unspecified atom stereocenters. The third-order valence-electron chi connectivity index (χ3n) is 5.23. The van der Waals surface area contributed by atoms with Gasteiger partial charge in [-0.3, -0.25) is 14.0 Å². The number of hydrogen-bond donors (Lipinski definition) is 1. The van der Waals surface area contributed by atoms with Gasteiger partial charge in [0, 0.05) is 12.2 Å². The zero-order valence-electron chi connectivity index (χ0n) is 17.7. The van der Waals surface area contributed by atoms with Gasteiger partial charge < -0.3 is 10.1 Å². The van der Waals surface area contributed by atoms with Gasteiger partial charge in [-0.2, -0.15) is 10.2 Å². The number of aryl methyl sites for hydroxylation is 1. The highest BCUT2D eigenvalue weighted by molar-refractivity contribution is 7.91. The number of carbonyl (C=O) groups is 1. The van der Waals surface area contributed by atoms with E-state index in [1.807, 2.05) is 6.07 Å². The van der Waals surface area contributed by atoms with Gasteiger partial charge in [-0.05, 0) is 43.2 Å². The van der Waals surface area contributed by atoms with Crippen molar-refractivity contribution in [1.29, 1.82) is 5.26 Å². The fraction of sp³-hybridized carbons (Fsp3) is 0.217. The Labute approximate surface area is 189 Å². The Morgan fingerprint density at radius 3 is 2.70 bits per heavy atom. The van der Waals surface area contributed by atoms with Crippen LogP contribution in [0, 0.1) is 18.3 Å². The summed E-state index contributed by atoms with van der Waals surface area (Å²) in [5.74, 6) is -0.590. The zero-order chi connectivity index (χ0) is 23.6. The van der Waals surface area contributed by atoms with Gasteiger partial charge in [0.05, 0.1) is 11.5 Å². The van der Waals surface area contributed by atoms with Crippen LogP contribution in [-0.2, 0) is 14.6 Å². The second kappa shape index (κ2) is 8.88. The van der Waals surface area contributed by atoms with Crippen LogP contribution in [-0.4, -0.2) is 41.3 Å². The van der Waals surface area contributed by atoms with Gasteiger partial charge >= 0.3 is 0 Å². The molecule has 1 aliphatic rings. The molecule has 1 aliphatic heterocycles. The Morgan fingerprint density at radius 2 is 2.03 bits per heavy atom. The molecule has 168 valence electrons. The second-order valence-corrected chi connectivity index (χ2v) is 9.91. The molecule has 0 spiro atoms. The number of nitrogens with zero attached hydrogens (tertiary/aromatic N) is 3. The summed E-state index contributed by atoms with van der Waals surface area (Å²) in [7, 11) is -3.21. The maximum absolute atomic E-state index is 13.3. The average molecular weight is 465 g/mol. The Kier molecular flexibility index (Phi) is 5.98. The van der Waals surface area contributed by atoms with Crippen LogP contribution in [0.2, 0.25) is 0 Å². The third-order valence-corrected chi connectivity index (χ3v) is 7.00. The number of aromatic nitrogens is 2. The summed E-state index contributed by atoms with van der Waals surface area (Å²) in [4.78, 5) is 30.4. The van der Waals surface area contributed by atoms with E-state index in [1.54, 1.807) is 49.4 Å². The average Bonchev–Trinajstić information content (AvgIpc) is 3.13. The molecule has 1 aromatic carbocycles. The number of rotatable bonds is 5. The van der Waals surface area contributed by atoms with Crippen molar-refractivity contribution in [3.63, 3.8) is 0 Å². The van der Waals surface area contributed by atoms with Gasteiger partial charge in [0.15, 0.2) is 9.84 Å². The highest BCUT2D eigenvalue weighted by atomic mass is 32.2. The van der Waals surface area contributed by atoms with Crippen LogP contribution in [0.3, 0.4) is 0 Å². The van der Waals surface area contributed by atoms with Gasteiger partial charge in [0.25, 0.3) is 11.5 Å². The lowest BCUT2D eigenvalue weighted by Gasteiger charge is -2.12. The summed E-state index contributed by atoms with van der Waals surface area (Å²) in [6.07, 6.45) is 2.94. The number of nitriles is 1. The lowest BCUT2D eigenvalue weighted by Crippen LogP contribution is -2.36. The smallest absolute Gasteiger partial charge is 0.269 e. The SMILES string of the molecule is Cc1cccn2c(=O)c(/C=C(\C#N)C(=O)N[C@@H]3CCS(=O)(=O)C3)c(Oc3ccccc3)nc12. The van der Waals surface area contributed by atoms with Crippen LogP contribution < -0.4 is 15.6 Å². The standard InChI is InChI=1S/C23H20N4O5S/c1-15-6-5-10-27-20(15)26-22(32-18-7-3-2-4-8-18)19(23(27)29)12-16(13-24)21(28)25-17-9-11-33(30,31)14-17/h2-8,10,12,17H,9,11,14H2,1H3,(H,25,28)/b16-12+/t17-/m1/s1. The first-order valence-corrected chi connectivity index (χ1v) is 12.0. The fourth-order valence-corrected chi connectivity index (χ4v) is 5.23. The molecule has 1 atom stereocenters. The van der Waals surface area contributed by atoms with Crippen molar-refractivity contribution in [2.75, 3.05) is 11.5 Å². The number of sulfone groups is 1. The molecule has 4 rings (SSSR count). The second-order valence-electron chi connectivity index (χ2n) is 7.68. The summed E-state index contributed by atoms with van der Waals surface area (Å²) in [5.41, 5.74) is 0.170. The number of amides is 1. The summed E-state index contributed by atoms with van der Waals surface area (Å²) in [5, 5.41) is 12.2. The number of carbonyl (C=O) groups excluding carboxylic acids is 1. The highest BCUT2D eigenvalue weighted by Gasteiger charge is 2.30. The van der Waals surface area contributed by atoms with Crippen LogP contribution in [0.25, 0.3) is 11.7 Å². The quantitative estimate of drug-likeness (QED) is 0.451. The molecule has 1 saturated heterocycles. The molecular weight excluding hydrogens is 444 g/mol. The largest absolute Gasteiger partial charge is 0.438 e. The lowest BCUT2D eigenvalue weighted by atomic mass is 10.1. The Hall–Kier alpha value is -3.97. The Balaban J connectivity index is 1.79. The zero-order valence-corrected chi connectivity index (χ0v) is 18.5. The van der Waals surface area contributed by atoms with Gasteiger partial charge in [0.1, 0.15) is 28.6 Å². The Morgan fingerprint density at radius 1 is 1.27 bits per heavy atom. The van der Waals surface area contributed by atoms with Crippen molar-refractivity contribution >= 4 is 27.5 Å². The predicted molar refractivity (Wildman–Crippen MR) is 122 cm³/mol. The number of hydrogen-bond acceptors (Lipinski definition) is 7. The number of para-hydroxylation sites is 1. The highest BCUT2D eigenvalue weighted by Crippen LogP contribution is 2.24. The maximum atomic E-state index is 13.3. The molecule has 0 aliphatic carbocycles. The predicted octanol–water partition coefficient (Wildman–Crippen LogP) is 2.01. The molecule has 10 heteroatoms. The molecule has 3 aromatic rings. The van der Waals surface area contributed by atoms with E-state index in [1.165, 1.54) is 10.6 Å². The van der Waals surface area contributed by atoms with Crippen LogP contribution >= 0.6 is 0 Å². The van der Waals surface area contributed by atoms with Gasteiger partial charge in [-0.25, -0.2) is 8.42 Å². The number of benzene rings is 1. The van der Waals surface area contributed by atoms with Crippen molar-refractivity contribution in [2.45, 2.75) is 19.4 Å². The fourth-order valence-electron chi connectivity index (χ4n) is 3.56. The number of ether oxygens (including phenoxy) is 1. The normalized spacial score (nSPS) is 17.5. The Bertz CT molecular complexity index is 1470. The molecule has 2 aromatic heterocycles. The van der Waals surface area contributed by atoms with Gasteiger partial charge in [0.2, 0.25) is 5.88 Å². The molecule has 0 bridgehead atoms. The molecule has 9 nitrogen and oxygen atoms in total. The molecule has 0 saturated carbocycles. The molecule has 1 fully saturated rings. The first-order chi connectivity index (χ1) is 15.8. The van der Waals surface area contributed by atoms with Crippen LogP contribution in [0.15, 0.2) is 59.0 Å². The van der Waals surface area contributed by atoms with Gasteiger partial charge in [-0.15, -0.1) is 0 Å². The molecule has 1 N–H and O–H groups in total. The topological polar surface area (TPSA) is 131 Å². The first-order valence-electron chi connectivity index (χ1n) is 10.2. The number of fused-ring (bicyclic) bond motifs is 1. The third kappa shape index (κ3) is 4.78. The molecular formula is C23H20N4O5S. The minimum Gasteiger partial charge on any atom is -0.438 e. The van der Waals surface area contributed by atoms with Crippen molar-refractivity contribution in [3.8, 4) is 17.7 Å². The lowest BCUT2D eigenvalue weighted by molar-refractivity contribution is -0.117. The summed E-state index contributed by atoms with van der Waals surface area (Å²) < 4.78 is 30.5. The number of pyridine rings is 1. The van der Waals surface area contributed by atoms with Crippen molar-refractivity contribution < 1.29 is 17.9 Å². The van der Waals surface area contributed by atoms with E-state index in [-0.39, 0.29) is 34.9 Å². The molecule has 1 amide bonds. The van der Waals surface area contributed by atoms with E-state index in [0.29, 0.717) is 11.4 Å². The van der Waals surface area contributed by atoms with E-state index >= 15 is 0 Å². The van der Waals surface area contributed by atoms with Crippen molar-refractivity contribution in [3.05, 3.63) is 75.7 Å². The van der Waals surface area contributed by atoms with Crippen LogP contribution in [0.4, 0.5) is 0 Å². The summed E-state index contributed by atoms with van der Waals surface area (Å²) >= 11 is 0. The minimum atomic E-state index is -3.21. The number of nitrogens with one attached hydrogen (secondary N) is 1. The van der Waals surface area contributed by atoms with Crippen molar-refractivity contribution in [1.82, 2.24) is 14.7 Å². The van der Waals surface area contributed by atoms with Crippen LogP contribution in [0.1, 0.15) is 17.5 Å². The van der Waals surface area contributed by atoms with E-state index in [9.17, 15) is 23.3 Å². The molecule has 33 heavy (non-hydrogen) atoms. The van der Waals surface area contributed by atoms with E-state index in [4.69, 9.17) is 4.74 Å². The summed E-state index contributed by atoms with van der Waals surface area (Å²) in [6.45, 7) is 1.80. The minimum absolute atomic E-state index is 0.0199. The van der Waals surface area contributed by atoms with Crippen LogP contribution in [0.5, 0.6) is 11.6 Å². The van der Waals surface area contributed by atoms with E-state index < -0.39 is 27.3 Å².